The van der Waals surface area contributed by atoms with Crippen LogP contribution in [0.3, 0.4) is 0 Å². The molecule has 1 fully saturated rings. The highest BCUT2D eigenvalue weighted by Gasteiger charge is 2.23. The molecule has 1 N–H and O–H groups in total. The van der Waals surface area contributed by atoms with Crippen molar-refractivity contribution in [2.24, 2.45) is 0 Å². The largest absolute Gasteiger partial charge is 0.439 e. The average Bonchev–Trinajstić information content (AvgIpc) is 3.03. The number of nitrogens with zero attached hydrogens (tertiary/aromatic N) is 3. The molecule has 1 unspecified atom stereocenters. The highest BCUT2D eigenvalue weighted by atomic mass is 19.1. The number of halogens is 1. The zero-order valence-electron chi connectivity index (χ0n) is 14.5. The zero-order valence-corrected chi connectivity index (χ0v) is 14.5. The third-order valence-corrected chi connectivity index (χ3v) is 4.26. The van der Waals surface area contributed by atoms with Crippen LogP contribution in [0.5, 0.6) is 0 Å². The van der Waals surface area contributed by atoms with Crippen LogP contribution >= 0.6 is 0 Å². The topological polar surface area (TPSA) is 61.6 Å². The van der Waals surface area contributed by atoms with Gasteiger partial charge >= 0.3 is 6.03 Å². The van der Waals surface area contributed by atoms with Gasteiger partial charge in [-0.05, 0) is 31.5 Å². The van der Waals surface area contributed by atoms with Gasteiger partial charge in [-0.2, -0.15) is 0 Å². The minimum absolute atomic E-state index is 0.0728. The molecule has 0 saturated carbocycles. The molecule has 1 aliphatic rings. The van der Waals surface area contributed by atoms with Crippen LogP contribution in [0.15, 0.2) is 34.9 Å². The Kier molecular flexibility index (Phi) is 5.33. The third kappa shape index (κ3) is 4.57. The maximum atomic E-state index is 13.3. The van der Waals surface area contributed by atoms with Crippen molar-refractivity contribution in [3.8, 4) is 11.3 Å². The van der Waals surface area contributed by atoms with Gasteiger partial charge in [-0.3, -0.25) is 4.90 Å². The van der Waals surface area contributed by atoms with Gasteiger partial charge in [0.1, 0.15) is 5.82 Å². The minimum Gasteiger partial charge on any atom is -0.439 e. The number of amides is 2. The summed E-state index contributed by atoms with van der Waals surface area (Å²) in [5.41, 5.74) is 0.675. The molecule has 1 atom stereocenters. The Bertz CT molecular complexity index is 731. The zero-order chi connectivity index (χ0) is 17.8. The SMILES string of the molecule is CN(C)C(=O)NC1CCCN(Cc2ncc(-c3cccc(F)c3)o2)C1. The van der Waals surface area contributed by atoms with Crippen molar-refractivity contribution < 1.29 is 13.6 Å². The molecule has 0 radical (unpaired) electrons. The number of aromatic nitrogens is 1. The van der Waals surface area contributed by atoms with E-state index in [2.05, 4.69) is 15.2 Å². The lowest BCUT2D eigenvalue weighted by molar-refractivity contribution is 0.162. The van der Waals surface area contributed by atoms with Gasteiger partial charge in [0.25, 0.3) is 0 Å². The van der Waals surface area contributed by atoms with Crippen molar-refractivity contribution in [3.05, 3.63) is 42.2 Å². The number of carbonyl (C=O) groups excluding carboxylic acids is 1. The standard InChI is InChI=1S/C18H23FN4O2/c1-22(2)18(24)21-15-7-4-8-23(11-15)12-17-20-10-16(25-17)13-5-3-6-14(19)9-13/h3,5-6,9-10,15H,4,7-8,11-12H2,1-2H3,(H,21,24). The van der Waals surface area contributed by atoms with Crippen LogP contribution in [0, 0.1) is 5.82 Å². The molecule has 1 saturated heterocycles. The highest BCUT2D eigenvalue weighted by Crippen LogP contribution is 2.22. The Balaban J connectivity index is 1.60. The molecule has 0 bridgehead atoms. The van der Waals surface area contributed by atoms with Gasteiger partial charge in [-0.25, -0.2) is 14.2 Å². The van der Waals surface area contributed by atoms with Gasteiger partial charge in [-0.1, -0.05) is 12.1 Å². The van der Waals surface area contributed by atoms with E-state index >= 15 is 0 Å². The van der Waals surface area contributed by atoms with Gasteiger partial charge < -0.3 is 14.6 Å². The number of urea groups is 1. The smallest absolute Gasteiger partial charge is 0.317 e. The van der Waals surface area contributed by atoms with E-state index in [1.165, 1.54) is 17.0 Å². The van der Waals surface area contributed by atoms with E-state index in [1.54, 1.807) is 32.4 Å². The van der Waals surface area contributed by atoms with E-state index in [0.29, 0.717) is 23.8 Å². The van der Waals surface area contributed by atoms with Crippen molar-refractivity contribution in [1.29, 1.82) is 0 Å². The van der Waals surface area contributed by atoms with Crippen molar-refractivity contribution in [3.63, 3.8) is 0 Å². The molecule has 1 aromatic carbocycles. The molecule has 7 heteroatoms. The fourth-order valence-corrected chi connectivity index (χ4v) is 2.97. The van der Waals surface area contributed by atoms with Gasteiger partial charge in [0.05, 0.1) is 12.7 Å². The predicted molar refractivity (Wildman–Crippen MR) is 92.4 cm³/mol. The van der Waals surface area contributed by atoms with E-state index in [0.717, 1.165) is 25.9 Å². The molecule has 1 aromatic heterocycles. The summed E-state index contributed by atoms with van der Waals surface area (Å²) in [6, 6.07) is 6.32. The number of rotatable bonds is 4. The minimum atomic E-state index is -0.300. The molecule has 0 spiro atoms. The molecule has 25 heavy (non-hydrogen) atoms. The predicted octanol–water partition coefficient (Wildman–Crippen LogP) is 2.72. The summed E-state index contributed by atoms with van der Waals surface area (Å²) in [7, 11) is 3.47. The van der Waals surface area contributed by atoms with Crippen LogP contribution in [-0.4, -0.2) is 54.0 Å². The van der Waals surface area contributed by atoms with Crippen LogP contribution in [-0.2, 0) is 6.54 Å². The van der Waals surface area contributed by atoms with E-state index in [1.807, 2.05) is 0 Å². The van der Waals surface area contributed by atoms with Crippen LogP contribution in [0.4, 0.5) is 9.18 Å². The Labute approximate surface area is 146 Å². The lowest BCUT2D eigenvalue weighted by Gasteiger charge is -2.32. The second-order valence-electron chi connectivity index (χ2n) is 6.55. The van der Waals surface area contributed by atoms with E-state index in [9.17, 15) is 9.18 Å². The first kappa shape index (κ1) is 17.4. The van der Waals surface area contributed by atoms with E-state index in [-0.39, 0.29) is 17.9 Å². The number of likely N-dealkylation sites (tertiary alicyclic amines) is 1. The van der Waals surface area contributed by atoms with Gasteiger partial charge in [0.2, 0.25) is 5.89 Å². The quantitative estimate of drug-likeness (QED) is 0.925. The Morgan fingerprint density at radius 1 is 1.48 bits per heavy atom. The molecule has 2 heterocycles. The van der Waals surface area contributed by atoms with Crippen LogP contribution in [0.2, 0.25) is 0 Å². The Hall–Kier alpha value is -2.41. The summed E-state index contributed by atoms with van der Waals surface area (Å²) in [6.45, 7) is 2.27. The van der Waals surface area contributed by atoms with Crippen LogP contribution in [0.1, 0.15) is 18.7 Å². The van der Waals surface area contributed by atoms with Gasteiger partial charge in [0, 0.05) is 32.2 Å². The summed E-state index contributed by atoms with van der Waals surface area (Å²) in [4.78, 5) is 19.9. The number of benzene rings is 1. The number of oxazole rings is 1. The fourth-order valence-electron chi connectivity index (χ4n) is 2.97. The van der Waals surface area contributed by atoms with Crippen molar-refractivity contribution in [2.45, 2.75) is 25.4 Å². The first-order valence-electron chi connectivity index (χ1n) is 8.42. The summed E-state index contributed by atoms with van der Waals surface area (Å²) < 4.78 is 19.1. The van der Waals surface area contributed by atoms with Crippen molar-refractivity contribution in [1.82, 2.24) is 20.1 Å². The molecule has 6 nitrogen and oxygen atoms in total. The molecule has 134 valence electrons. The third-order valence-electron chi connectivity index (χ3n) is 4.26. The normalized spacial score (nSPS) is 18.1. The average molecular weight is 346 g/mol. The number of piperidine rings is 1. The summed E-state index contributed by atoms with van der Waals surface area (Å²) >= 11 is 0. The summed E-state index contributed by atoms with van der Waals surface area (Å²) in [5, 5.41) is 3.02. The Morgan fingerprint density at radius 3 is 3.08 bits per heavy atom. The maximum absolute atomic E-state index is 13.3. The number of carbonyl (C=O) groups is 1. The summed E-state index contributed by atoms with van der Waals surface area (Å²) in [5.74, 6) is 0.855. The van der Waals surface area contributed by atoms with Crippen LogP contribution < -0.4 is 5.32 Å². The Morgan fingerprint density at radius 2 is 2.32 bits per heavy atom. The lowest BCUT2D eigenvalue weighted by Crippen LogP contribution is -2.49. The molecule has 3 rings (SSSR count). The molecule has 1 aliphatic heterocycles. The van der Waals surface area contributed by atoms with E-state index in [4.69, 9.17) is 4.42 Å². The van der Waals surface area contributed by atoms with E-state index < -0.39 is 0 Å². The van der Waals surface area contributed by atoms with Crippen molar-refractivity contribution in [2.75, 3.05) is 27.2 Å². The first-order valence-corrected chi connectivity index (χ1v) is 8.42. The molecule has 2 aromatic rings. The summed E-state index contributed by atoms with van der Waals surface area (Å²) in [6.07, 6.45) is 3.60. The molecule has 2 amide bonds. The lowest BCUT2D eigenvalue weighted by atomic mass is 10.1. The van der Waals surface area contributed by atoms with Crippen LogP contribution in [0.25, 0.3) is 11.3 Å². The van der Waals surface area contributed by atoms with Gasteiger partial charge in [-0.15, -0.1) is 0 Å². The first-order chi connectivity index (χ1) is 12.0. The number of hydrogen-bond donors (Lipinski definition) is 1. The second-order valence-corrected chi connectivity index (χ2v) is 6.55. The number of hydrogen-bond acceptors (Lipinski definition) is 4. The molecule has 0 aliphatic carbocycles. The molecular weight excluding hydrogens is 323 g/mol. The monoisotopic (exact) mass is 346 g/mol. The molecular formula is C18H23FN4O2. The maximum Gasteiger partial charge on any atom is 0.317 e. The number of nitrogens with one attached hydrogen (secondary N) is 1. The fraction of sp³-hybridized carbons (Fsp3) is 0.444. The van der Waals surface area contributed by atoms with Gasteiger partial charge in [0.15, 0.2) is 5.76 Å². The highest BCUT2D eigenvalue weighted by molar-refractivity contribution is 5.73. The second kappa shape index (κ2) is 7.65. The van der Waals surface area contributed by atoms with Crippen molar-refractivity contribution >= 4 is 6.03 Å².